The van der Waals surface area contributed by atoms with Crippen LogP contribution in [0.25, 0.3) is 0 Å². The molecule has 0 atom stereocenters. The highest BCUT2D eigenvalue weighted by Gasteiger charge is 2.11. The van der Waals surface area contributed by atoms with Crippen LogP contribution in [-0.4, -0.2) is 10.9 Å². The summed E-state index contributed by atoms with van der Waals surface area (Å²) in [6, 6.07) is 8.90. The van der Waals surface area contributed by atoms with Crippen LogP contribution in [0.2, 0.25) is 0 Å². The van der Waals surface area contributed by atoms with Crippen LogP contribution in [-0.2, 0) is 6.42 Å². The molecular weight excluding hydrogens is 252 g/mol. The quantitative estimate of drug-likeness (QED) is 0.900. The van der Waals surface area contributed by atoms with E-state index in [0.29, 0.717) is 11.3 Å². The minimum Gasteiger partial charge on any atom is -0.326 e. The maximum absolute atomic E-state index is 12.3. The molecule has 20 heavy (non-hydrogen) atoms. The number of aromatic amines is 1. The Morgan fingerprint density at radius 2 is 2.00 bits per heavy atom. The molecule has 2 aromatic rings. The van der Waals surface area contributed by atoms with Crippen molar-refractivity contribution >= 4 is 11.6 Å². The van der Waals surface area contributed by atoms with Crippen molar-refractivity contribution in [3.05, 3.63) is 63.1 Å². The van der Waals surface area contributed by atoms with E-state index in [4.69, 9.17) is 0 Å². The van der Waals surface area contributed by atoms with Gasteiger partial charge < -0.3 is 10.3 Å². The van der Waals surface area contributed by atoms with Gasteiger partial charge in [-0.05, 0) is 37.5 Å². The number of carbonyl (C=O) groups is 1. The molecule has 1 amide bonds. The summed E-state index contributed by atoms with van der Waals surface area (Å²) in [6.45, 7) is 5.75. The fraction of sp³-hybridized carbons (Fsp3) is 0.250. The Balaban J connectivity index is 2.35. The van der Waals surface area contributed by atoms with Crippen LogP contribution in [0.1, 0.15) is 34.1 Å². The third kappa shape index (κ3) is 2.96. The second-order valence-corrected chi connectivity index (χ2v) is 4.83. The third-order valence-electron chi connectivity index (χ3n) is 3.22. The van der Waals surface area contributed by atoms with E-state index < -0.39 is 0 Å². The van der Waals surface area contributed by atoms with Gasteiger partial charge in [-0.3, -0.25) is 9.59 Å². The first-order chi connectivity index (χ1) is 9.51. The zero-order chi connectivity index (χ0) is 14.7. The fourth-order valence-electron chi connectivity index (χ4n) is 2.20. The lowest BCUT2D eigenvalue weighted by atomic mass is 10.1. The van der Waals surface area contributed by atoms with Crippen LogP contribution >= 0.6 is 0 Å². The predicted octanol–water partition coefficient (Wildman–Crippen LogP) is 2.81. The molecule has 0 saturated heterocycles. The van der Waals surface area contributed by atoms with Crippen molar-refractivity contribution in [1.29, 1.82) is 0 Å². The van der Waals surface area contributed by atoms with Crippen LogP contribution in [0.4, 0.5) is 5.69 Å². The Hall–Kier alpha value is -2.36. The molecule has 0 unspecified atom stereocenters. The van der Waals surface area contributed by atoms with Crippen molar-refractivity contribution in [2.75, 3.05) is 5.32 Å². The first-order valence-corrected chi connectivity index (χ1v) is 6.62. The van der Waals surface area contributed by atoms with Gasteiger partial charge in [0.15, 0.2) is 0 Å². The Morgan fingerprint density at radius 3 is 2.65 bits per heavy atom. The average Bonchev–Trinajstić information content (AvgIpc) is 2.39. The molecule has 1 aromatic heterocycles. The van der Waals surface area contributed by atoms with E-state index in [-0.39, 0.29) is 11.5 Å². The number of hydrogen-bond donors (Lipinski definition) is 2. The summed E-state index contributed by atoms with van der Waals surface area (Å²) in [7, 11) is 0. The number of amides is 1. The number of hydrogen-bond acceptors (Lipinski definition) is 2. The normalized spacial score (nSPS) is 10.3. The Labute approximate surface area is 117 Å². The van der Waals surface area contributed by atoms with Gasteiger partial charge in [0.05, 0.1) is 0 Å². The molecule has 0 spiro atoms. The van der Waals surface area contributed by atoms with E-state index >= 15 is 0 Å². The largest absolute Gasteiger partial charge is 0.326 e. The zero-order valence-electron chi connectivity index (χ0n) is 11.9. The van der Waals surface area contributed by atoms with Gasteiger partial charge >= 0.3 is 0 Å². The average molecular weight is 270 g/mol. The number of aromatic nitrogens is 1. The number of rotatable bonds is 3. The van der Waals surface area contributed by atoms with Crippen molar-refractivity contribution in [2.45, 2.75) is 27.2 Å². The SMILES string of the molecule is CCc1cccc(C)c1NC(=O)c1cc(C)[nH]c(=O)c1. The Bertz CT molecular complexity index is 702. The summed E-state index contributed by atoms with van der Waals surface area (Å²) < 4.78 is 0. The van der Waals surface area contributed by atoms with Gasteiger partial charge in [0, 0.05) is 23.0 Å². The van der Waals surface area contributed by atoms with Crippen LogP contribution in [0, 0.1) is 13.8 Å². The molecule has 0 aliphatic heterocycles. The van der Waals surface area contributed by atoms with Crippen molar-refractivity contribution < 1.29 is 4.79 Å². The number of benzene rings is 1. The summed E-state index contributed by atoms with van der Waals surface area (Å²) in [4.78, 5) is 26.3. The van der Waals surface area contributed by atoms with E-state index in [9.17, 15) is 9.59 Å². The highest BCUT2D eigenvalue weighted by molar-refractivity contribution is 6.05. The number of para-hydroxylation sites is 1. The molecule has 0 saturated carbocycles. The van der Waals surface area contributed by atoms with Crippen molar-refractivity contribution in [3.63, 3.8) is 0 Å². The summed E-state index contributed by atoms with van der Waals surface area (Å²) in [5.41, 5.74) is 3.70. The molecule has 1 heterocycles. The van der Waals surface area contributed by atoms with Crippen LogP contribution < -0.4 is 10.9 Å². The first-order valence-electron chi connectivity index (χ1n) is 6.62. The highest BCUT2D eigenvalue weighted by atomic mass is 16.2. The van der Waals surface area contributed by atoms with Crippen molar-refractivity contribution in [2.24, 2.45) is 0 Å². The van der Waals surface area contributed by atoms with Gasteiger partial charge in [-0.25, -0.2) is 0 Å². The predicted molar refractivity (Wildman–Crippen MR) is 80.3 cm³/mol. The molecule has 1 aromatic carbocycles. The Kier molecular flexibility index (Phi) is 4.03. The second kappa shape index (κ2) is 5.74. The van der Waals surface area contributed by atoms with E-state index in [1.54, 1.807) is 13.0 Å². The third-order valence-corrected chi connectivity index (χ3v) is 3.22. The van der Waals surface area contributed by atoms with Gasteiger partial charge in [-0.1, -0.05) is 25.1 Å². The number of nitrogens with one attached hydrogen (secondary N) is 2. The fourth-order valence-corrected chi connectivity index (χ4v) is 2.20. The molecular formula is C16H18N2O2. The number of H-pyrrole nitrogens is 1. The molecule has 0 fully saturated rings. The van der Waals surface area contributed by atoms with E-state index in [2.05, 4.69) is 10.3 Å². The molecule has 4 nitrogen and oxygen atoms in total. The van der Waals surface area contributed by atoms with E-state index in [0.717, 1.165) is 23.2 Å². The molecule has 0 radical (unpaired) electrons. The Morgan fingerprint density at radius 1 is 1.25 bits per heavy atom. The van der Waals surface area contributed by atoms with Gasteiger partial charge in [0.25, 0.3) is 5.91 Å². The lowest BCUT2D eigenvalue weighted by molar-refractivity contribution is 0.102. The lowest BCUT2D eigenvalue weighted by Crippen LogP contribution is -2.18. The van der Waals surface area contributed by atoms with Crippen LogP contribution in [0.15, 0.2) is 35.1 Å². The molecule has 4 heteroatoms. The number of carbonyl (C=O) groups excluding carboxylic acids is 1. The first kappa shape index (κ1) is 14.1. The number of aryl methyl sites for hydroxylation is 3. The van der Waals surface area contributed by atoms with E-state index in [1.807, 2.05) is 32.0 Å². The van der Waals surface area contributed by atoms with Gasteiger partial charge in [-0.2, -0.15) is 0 Å². The molecule has 0 bridgehead atoms. The number of anilines is 1. The summed E-state index contributed by atoms with van der Waals surface area (Å²) in [5, 5.41) is 2.91. The smallest absolute Gasteiger partial charge is 0.255 e. The molecule has 2 N–H and O–H groups in total. The summed E-state index contributed by atoms with van der Waals surface area (Å²) in [6.07, 6.45) is 0.839. The van der Waals surface area contributed by atoms with Crippen LogP contribution in [0.3, 0.4) is 0 Å². The minimum atomic E-state index is -0.268. The molecule has 0 aliphatic carbocycles. The lowest BCUT2D eigenvalue weighted by Gasteiger charge is -2.13. The molecule has 2 rings (SSSR count). The standard InChI is InChI=1S/C16H18N2O2/c1-4-12-7-5-6-10(2)15(12)18-16(20)13-8-11(3)17-14(19)9-13/h5-9H,4H2,1-3H3,(H,17,19)(H,18,20). The van der Waals surface area contributed by atoms with Crippen molar-refractivity contribution in [3.8, 4) is 0 Å². The zero-order valence-corrected chi connectivity index (χ0v) is 11.9. The second-order valence-electron chi connectivity index (χ2n) is 4.83. The summed E-state index contributed by atoms with van der Waals surface area (Å²) >= 11 is 0. The molecule has 104 valence electrons. The molecule has 0 aliphatic rings. The van der Waals surface area contributed by atoms with Crippen molar-refractivity contribution in [1.82, 2.24) is 4.98 Å². The topological polar surface area (TPSA) is 62.0 Å². The maximum Gasteiger partial charge on any atom is 0.255 e. The number of pyridine rings is 1. The monoisotopic (exact) mass is 270 g/mol. The van der Waals surface area contributed by atoms with Gasteiger partial charge in [0.2, 0.25) is 5.56 Å². The van der Waals surface area contributed by atoms with Gasteiger partial charge in [-0.15, -0.1) is 0 Å². The maximum atomic E-state index is 12.3. The van der Waals surface area contributed by atoms with Gasteiger partial charge in [0.1, 0.15) is 0 Å². The summed E-state index contributed by atoms with van der Waals surface area (Å²) in [5.74, 6) is -0.261. The highest BCUT2D eigenvalue weighted by Crippen LogP contribution is 2.21. The minimum absolute atomic E-state index is 0.261. The van der Waals surface area contributed by atoms with Crippen LogP contribution in [0.5, 0.6) is 0 Å². The van der Waals surface area contributed by atoms with E-state index in [1.165, 1.54) is 6.07 Å².